The van der Waals surface area contributed by atoms with Gasteiger partial charge in [0.15, 0.2) is 11.6 Å². The zero-order chi connectivity index (χ0) is 28.3. The molecule has 0 aliphatic heterocycles. The lowest BCUT2D eigenvalue weighted by Gasteiger charge is -2.18. The second kappa shape index (κ2) is 11.5. The molecule has 0 N–H and O–H groups in total. The molecule has 202 valence electrons. The SMILES string of the molecule is CCOc1cc(C)c(-c2nc3ccccc3c(=O)n2N=Cc2ccc(OC(C)C)c([N+](=O)[O-])c2)cc1C(C)C. The zero-order valence-electron chi connectivity index (χ0n) is 23.0. The van der Waals surface area contributed by atoms with Crippen molar-refractivity contribution in [2.75, 3.05) is 6.61 Å². The number of nitrogens with zero attached hydrogens (tertiary/aromatic N) is 4. The highest BCUT2D eigenvalue weighted by Crippen LogP contribution is 2.34. The summed E-state index contributed by atoms with van der Waals surface area (Å²) in [5, 5.41) is 16.6. The van der Waals surface area contributed by atoms with E-state index in [0.717, 1.165) is 22.4 Å². The van der Waals surface area contributed by atoms with Crippen LogP contribution in [-0.2, 0) is 0 Å². The molecule has 1 aromatic heterocycles. The Morgan fingerprint density at radius 2 is 1.82 bits per heavy atom. The van der Waals surface area contributed by atoms with Gasteiger partial charge in [0.1, 0.15) is 5.75 Å². The largest absolute Gasteiger partial charge is 0.494 e. The third-order valence-electron chi connectivity index (χ3n) is 6.14. The van der Waals surface area contributed by atoms with E-state index >= 15 is 0 Å². The smallest absolute Gasteiger partial charge is 0.311 e. The molecule has 1 heterocycles. The van der Waals surface area contributed by atoms with Crippen LogP contribution in [0.25, 0.3) is 22.3 Å². The van der Waals surface area contributed by atoms with Gasteiger partial charge in [0, 0.05) is 17.2 Å². The highest BCUT2D eigenvalue weighted by Gasteiger charge is 2.20. The van der Waals surface area contributed by atoms with Crippen molar-refractivity contribution >= 4 is 22.8 Å². The summed E-state index contributed by atoms with van der Waals surface area (Å²) in [6, 6.07) is 15.6. The van der Waals surface area contributed by atoms with Crippen LogP contribution in [0.15, 0.2) is 64.5 Å². The maximum Gasteiger partial charge on any atom is 0.311 e. The summed E-state index contributed by atoms with van der Waals surface area (Å²) in [4.78, 5) is 29.7. The number of aromatic nitrogens is 2. The van der Waals surface area contributed by atoms with Crippen LogP contribution < -0.4 is 15.0 Å². The van der Waals surface area contributed by atoms with Crippen LogP contribution in [0.3, 0.4) is 0 Å². The predicted molar refractivity (Wildman–Crippen MR) is 153 cm³/mol. The number of nitro benzene ring substituents is 1. The Morgan fingerprint density at radius 3 is 2.49 bits per heavy atom. The van der Waals surface area contributed by atoms with Gasteiger partial charge in [0.05, 0.1) is 34.8 Å². The van der Waals surface area contributed by atoms with Gasteiger partial charge >= 0.3 is 5.69 Å². The molecule has 0 aliphatic carbocycles. The molecule has 9 heteroatoms. The third kappa shape index (κ3) is 5.82. The third-order valence-corrected chi connectivity index (χ3v) is 6.14. The first kappa shape index (κ1) is 27.5. The number of para-hydroxylation sites is 1. The molecule has 0 atom stereocenters. The van der Waals surface area contributed by atoms with E-state index in [1.165, 1.54) is 23.0 Å². The predicted octanol–water partition coefficient (Wildman–Crippen LogP) is 6.47. The monoisotopic (exact) mass is 528 g/mol. The molecule has 0 saturated heterocycles. The lowest BCUT2D eigenvalue weighted by atomic mass is 9.96. The van der Waals surface area contributed by atoms with Crippen LogP contribution in [0.5, 0.6) is 11.5 Å². The molecule has 0 amide bonds. The molecule has 0 aliphatic rings. The summed E-state index contributed by atoms with van der Waals surface area (Å²) < 4.78 is 12.7. The molecule has 0 unspecified atom stereocenters. The fourth-order valence-electron chi connectivity index (χ4n) is 4.31. The highest BCUT2D eigenvalue weighted by molar-refractivity contribution is 5.83. The van der Waals surface area contributed by atoms with Crippen molar-refractivity contribution in [2.24, 2.45) is 5.10 Å². The first-order valence-corrected chi connectivity index (χ1v) is 12.9. The van der Waals surface area contributed by atoms with Crippen LogP contribution in [0.1, 0.15) is 57.2 Å². The van der Waals surface area contributed by atoms with E-state index in [9.17, 15) is 14.9 Å². The number of benzene rings is 3. The molecular formula is C30H32N4O5. The van der Waals surface area contributed by atoms with Crippen molar-refractivity contribution in [3.63, 3.8) is 0 Å². The number of nitro groups is 1. The van der Waals surface area contributed by atoms with Crippen LogP contribution in [-0.4, -0.2) is 33.5 Å². The van der Waals surface area contributed by atoms with Crippen molar-refractivity contribution in [2.45, 2.75) is 53.6 Å². The minimum Gasteiger partial charge on any atom is -0.494 e. The minimum absolute atomic E-state index is 0.169. The molecule has 0 spiro atoms. The topological polar surface area (TPSA) is 109 Å². The van der Waals surface area contributed by atoms with E-state index in [4.69, 9.17) is 14.5 Å². The highest BCUT2D eigenvalue weighted by atomic mass is 16.6. The second-order valence-electron chi connectivity index (χ2n) is 9.76. The summed E-state index contributed by atoms with van der Waals surface area (Å²) in [5.74, 6) is 1.50. The van der Waals surface area contributed by atoms with E-state index in [1.54, 1.807) is 38.1 Å². The standard InChI is InChI=1S/C30H32N4O5/c1-7-38-28-14-20(6)24(16-23(28)18(2)3)29-32-25-11-9-8-10-22(25)30(35)33(29)31-17-21-12-13-27(39-19(4)5)26(15-21)34(36)37/h8-19H,7H2,1-6H3. The molecule has 0 saturated carbocycles. The lowest BCUT2D eigenvalue weighted by molar-refractivity contribution is -0.386. The van der Waals surface area contributed by atoms with Gasteiger partial charge in [-0.2, -0.15) is 9.78 Å². The molecule has 0 radical (unpaired) electrons. The number of rotatable bonds is 9. The fourth-order valence-corrected chi connectivity index (χ4v) is 4.31. The first-order chi connectivity index (χ1) is 18.6. The Morgan fingerprint density at radius 1 is 1.08 bits per heavy atom. The number of aryl methyl sites for hydroxylation is 1. The second-order valence-corrected chi connectivity index (χ2v) is 9.76. The molecule has 4 aromatic rings. The Labute approximate surface area is 226 Å². The van der Waals surface area contributed by atoms with E-state index in [0.29, 0.717) is 28.9 Å². The summed E-state index contributed by atoms with van der Waals surface area (Å²) in [6.07, 6.45) is 1.20. The van der Waals surface area contributed by atoms with E-state index < -0.39 is 4.92 Å². The van der Waals surface area contributed by atoms with Gasteiger partial charge < -0.3 is 9.47 Å². The zero-order valence-corrected chi connectivity index (χ0v) is 23.0. The molecule has 0 bridgehead atoms. The summed E-state index contributed by atoms with van der Waals surface area (Å²) in [6.45, 7) is 12.2. The number of ether oxygens (including phenoxy) is 2. The molecular weight excluding hydrogens is 496 g/mol. The van der Waals surface area contributed by atoms with Crippen molar-refractivity contribution in [1.29, 1.82) is 0 Å². The van der Waals surface area contributed by atoms with Gasteiger partial charge in [-0.15, -0.1) is 0 Å². The average molecular weight is 529 g/mol. The fraction of sp³-hybridized carbons (Fsp3) is 0.300. The molecule has 4 rings (SSSR count). The van der Waals surface area contributed by atoms with Gasteiger partial charge in [-0.05, 0) is 81.1 Å². The number of hydrogen-bond acceptors (Lipinski definition) is 7. The molecule has 39 heavy (non-hydrogen) atoms. The van der Waals surface area contributed by atoms with Crippen molar-refractivity contribution in [3.8, 4) is 22.9 Å². The average Bonchev–Trinajstić information content (AvgIpc) is 2.88. The maximum atomic E-state index is 13.7. The van der Waals surface area contributed by atoms with Crippen molar-refractivity contribution < 1.29 is 14.4 Å². The summed E-state index contributed by atoms with van der Waals surface area (Å²) >= 11 is 0. The van der Waals surface area contributed by atoms with E-state index in [-0.39, 0.29) is 29.0 Å². The van der Waals surface area contributed by atoms with E-state index in [1.807, 2.05) is 32.0 Å². The Balaban J connectivity index is 1.92. The van der Waals surface area contributed by atoms with Crippen LogP contribution in [0, 0.1) is 17.0 Å². The van der Waals surface area contributed by atoms with Crippen molar-refractivity contribution in [3.05, 3.63) is 91.8 Å². The molecule has 3 aromatic carbocycles. The quantitative estimate of drug-likeness (QED) is 0.140. The van der Waals surface area contributed by atoms with Gasteiger partial charge in [0.2, 0.25) is 0 Å². The Hall–Kier alpha value is -4.53. The van der Waals surface area contributed by atoms with Crippen LogP contribution >= 0.6 is 0 Å². The maximum absolute atomic E-state index is 13.7. The molecule has 0 fully saturated rings. The van der Waals surface area contributed by atoms with Gasteiger partial charge in [-0.3, -0.25) is 14.9 Å². The van der Waals surface area contributed by atoms with Gasteiger partial charge in [0.25, 0.3) is 5.56 Å². The lowest BCUT2D eigenvalue weighted by Crippen LogP contribution is -2.21. The number of fused-ring (bicyclic) bond motifs is 1. The van der Waals surface area contributed by atoms with Gasteiger partial charge in [-0.1, -0.05) is 26.0 Å². The summed E-state index contributed by atoms with van der Waals surface area (Å²) in [7, 11) is 0. The van der Waals surface area contributed by atoms with Crippen LogP contribution in [0.2, 0.25) is 0 Å². The summed E-state index contributed by atoms with van der Waals surface area (Å²) in [5.41, 5.74) is 3.07. The van der Waals surface area contributed by atoms with Gasteiger partial charge in [-0.25, -0.2) is 4.98 Å². The van der Waals surface area contributed by atoms with Crippen molar-refractivity contribution in [1.82, 2.24) is 9.66 Å². The normalized spacial score (nSPS) is 11.6. The van der Waals surface area contributed by atoms with E-state index in [2.05, 4.69) is 18.9 Å². The minimum atomic E-state index is -0.499. The Bertz CT molecular complexity index is 1620. The number of hydrogen-bond donors (Lipinski definition) is 0. The molecule has 9 nitrogen and oxygen atoms in total. The first-order valence-electron chi connectivity index (χ1n) is 12.9. The van der Waals surface area contributed by atoms with Crippen LogP contribution in [0.4, 0.5) is 5.69 Å². The Kier molecular flexibility index (Phi) is 8.09.